The minimum atomic E-state index is -0.638. The van der Waals surface area contributed by atoms with Gasteiger partial charge in [-0.05, 0) is 55.5 Å². The fraction of sp³-hybridized carbons (Fsp3) is 0.440. The third-order valence-corrected chi connectivity index (χ3v) is 5.58. The van der Waals surface area contributed by atoms with Gasteiger partial charge in [0.1, 0.15) is 11.8 Å². The quantitative estimate of drug-likeness (QED) is 0.549. The maximum atomic E-state index is 13.2. The van der Waals surface area contributed by atoms with Crippen LogP contribution in [-0.4, -0.2) is 35.4 Å². The Bertz CT molecular complexity index is 867. The third kappa shape index (κ3) is 7.28. The highest BCUT2D eigenvalue weighted by atomic mass is 35.5. The molecule has 2 rings (SSSR count). The van der Waals surface area contributed by atoms with Gasteiger partial charge in [-0.3, -0.25) is 9.59 Å². The molecule has 0 aliphatic heterocycles. The van der Waals surface area contributed by atoms with Crippen LogP contribution in [0.1, 0.15) is 58.1 Å². The van der Waals surface area contributed by atoms with Crippen LogP contribution in [0.5, 0.6) is 5.75 Å². The van der Waals surface area contributed by atoms with Gasteiger partial charge in [-0.15, -0.1) is 0 Å². The number of carbonyl (C=O) groups is 2. The molecule has 0 saturated heterocycles. The standard InChI is InChI=1S/C25H33ClN2O3/c1-6-18(4)27-25(30)19(5)28(15-20-11-13-21(26)14-12-20)24(29)16-31-23-10-8-7-9-22(23)17(2)3/h7-14,17-19H,6,15-16H2,1-5H3,(H,27,30)/t18-,19+/m1/s1. The number of hydrogen-bond donors (Lipinski definition) is 1. The lowest BCUT2D eigenvalue weighted by atomic mass is 10.0. The summed E-state index contributed by atoms with van der Waals surface area (Å²) in [6.45, 7) is 10.0. The third-order valence-electron chi connectivity index (χ3n) is 5.33. The van der Waals surface area contributed by atoms with Gasteiger partial charge in [0.15, 0.2) is 6.61 Å². The number of para-hydroxylation sites is 1. The van der Waals surface area contributed by atoms with Crippen LogP contribution < -0.4 is 10.1 Å². The summed E-state index contributed by atoms with van der Waals surface area (Å²) in [6, 6.07) is 14.4. The first-order chi connectivity index (χ1) is 14.7. The first-order valence-electron chi connectivity index (χ1n) is 10.8. The minimum absolute atomic E-state index is 0.0385. The molecule has 5 nitrogen and oxygen atoms in total. The molecule has 0 aliphatic carbocycles. The zero-order valence-electron chi connectivity index (χ0n) is 19.0. The molecule has 0 unspecified atom stereocenters. The number of nitrogens with one attached hydrogen (secondary N) is 1. The van der Waals surface area contributed by atoms with Gasteiger partial charge in [-0.1, -0.05) is 62.7 Å². The normalized spacial score (nSPS) is 12.9. The van der Waals surface area contributed by atoms with Crippen LogP contribution in [0.2, 0.25) is 5.02 Å². The predicted molar refractivity (Wildman–Crippen MR) is 125 cm³/mol. The second-order valence-electron chi connectivity index (χ2n) is 8.12. The van der Waals surface area contributed by atoms with E-state index in [0.29, 0.717) is 17.3 Å². The van der Waals surface area contributed by atoms with Crippen molar-refractivity contribution in [1.29, 1.82) is 0 Å². The van der Waals surface area contributed by atoms with Crippen LogP contribution >= 0.6 is 11.6 Å². The molecule has 0 saturated carbocycles. The summed E-state index contributed by atoms with van der Waals surface area (Å²) in [5.74, 6) is 0.533. The van der Waals surface area contributed by atoms with E-state index >= 15 is 0 Å². The van der Waals surface area contributed by atoms with Gasteiger partial charge >= 0.3 is 0 Å². The predicted octanol–water partition coefficient (Wildman–Crippen LogP) is 5.17. The molecule has 0 aliphatic rings. The number of rotatable bonds is 10. The van der Waals surface area contributed by atoms with Gasteiger partial charge in [0.2, 0.25) is 5.91 Å². The van der Waals surface area contributed by atoms with Crippen LogP contribution in [0.3, 0.4) is 0 Å². The molecular formula is C25H33ClN2O3. The second-order valence-corrected chi connectivity index (χ2v) is 8.56. The first-order valence-corrected chi connectivity index (χ1v) is 11.2. The summed E-state index contributed by atoms with van der Waals surface area (Å²) >= 11 is 5.99. The minimum Gasteiger partial charge on any atom is -0.483 e. The van der Waals surface area contributed by atoms with Crippen molar-refractivity contribution in [2.45, 2.75) is 65.6 Å². The van der Waals surface area contributed by atoms with Crippen LogP contribution in [-0.2, 0) is 16.1 Å². The molecule has 168 valence electrons. The lowest BCUT2D eigenvalue weighted by molar-refractivity contribution is -0.142. The molecule has 2 aromatic rings. The Morgan fingerprint density at radius 1 is 1.03 bits per heavy atom. The highest BCUT2D eigenvalue weighted by molar-refractivity contribution is 6.30. The average Bonchev–Trinajstić information content (AvgIpc) is 2.76. The van der Waals surface area contributed by atoms with Gasteiger partial charge in [0.25, 0.3) is 5.91 Å². The highest BCUT2D eigenvalue weighted by Gasteiger charge is 2.27. The lowest BCUT2D eigenvalue weighted by Gasteiger charge is -2.29. The molecule has 0 heterocycles. The Hall–Kier alpha value is -2.53. The number of nitrogens with zero attached hydrogens (tertiary/aromatic N) is 1. The molecule has 0 spiro atoms. The summed E-state index contributed by atoms with van der Waals surface area (Å²) in [7, 11) is 0. The molecule has 0 bridgehead atoms. The number of halogens is 1. The van der Waals surface area contributed by atoms with Crippen LogP contribution in [0.4, 0.5) is 0 Å². The molecule has 2 atom stereocenters. The molecule has 31 heavy (non-hydrogen) atoms. The van der Waals surface area contributed by atoms with Crippen molar-refractivity contribution in [2.24, 2.45) is 0 Å². The van der Waals surface area contributed by atoms with E-state index in [-0.39, 0.29) is 30.4 Å². The summed E-state index contributed by atoms with van der Waals surface area (Å²) < 4.78 is 5.89. The Balaban J connectivity index is 2.19. The SMILES string of the molecule is CC[C@@H](C)NC(=O)[C@H](C)N(Cc1ccc(Cl)cc1)C(=O)COc1ccccc1C(C)C. The molecule has 2 aromatic carbocycles. The van der Waals surface area contributed by atoms with Gasteiger partial charge in [0, 0.05) is 17.6 Å². The van der Waals surface area contributed by atoms with E-state index in [2.05, 4.69) is 19.2 Å². The summed E-state index contributed by atoms with van der Waals surface area (Å²) in [5.41, 5.74) is 1.94. The topological polar surface area (TPSA) is 58.6 Å². The van der Waals surface area contributed by atoms with Crippen molar-refractivity contribution >= 4 is 23.4 Å². The molecule has 6 heteroatoms. The summed E-state index contributed by atoms with van der Waals surface area (Å²) in [6.07, 6.45) is 0.818. The monoisotopic (exact) mass is 444 g/mol. The van der Waals surface area contributed by atoms with E-state index in [1.807, 2.05) is 50.2 Å². The molecule has 2 amide bonds. The molecule has 0 fully saturated rings. The Kier molecular flexibility index (Phi) is 9.38. The average molecular weight is 445 g/mol. The maximum absolute atomic E-state index is 13.2. The largest absolute Gasteiger partial charge is 0.483 e. The van der Waals surface area contributed by atoms with E-state index < -0.39 is 6.04 Å². The Labute approximate surface area is 190 Å². The van der Waals surface area contributed by atoms with E-state index in [4.69, 9.17) is 16.3 Å². The summed E-state index contributed by atoms with van der Waals surface area (Å²) in [4.78, 5) is 27.5. The van der Waals surface area contributed by atoms with Crippen LogP contribution in [0.25, 0.3) is 0 Å². The zero-order chi connectivity index (χ0) is 23.0. The van der Waals surface area contributed by atoms with E-state index in [9.17, 15) is 9.59 Å². The van der Waals surface area contributed by atoms with Crippen molar-refractivity contribution in [3.05, 3.63) is 64.7 Å². The highest BCUT2D eigenvalue weighted by Crippen LogP contribution is 2.26. The first kappa shape index (κ1) is 24.7. The fourth-order valence-corrected chi connectivity index (χ4v) is 3.27. The smallest absolute Gasteiger partial charge is 0.261 e. The van der Waals surface area contributed by atoms with Crippen LogP contribution in [0.15, 0.2) is 48.5 Å². The molecule has 1 N–H and O–H groups in total. The molecule has 0 radical (unpaired) electrons. The maximum Gasteiger partial charge on any atom is 0.261 e. The van der Waals surface area contributed by atoms with Gasteiger partial charge < -0.3 is 15.0 Å². The number of amides is 2. The number of ether oxygens (including phenoxy) is 1. The number of hydrogen-bond acceptors (Lipinski definition) is 3. The van der Waals surface area contributed by atoms with Gasteiger partial charge in [-0.25, -0.2) is 0 Å². The molecule has 0 aromatic heterocycles. The van der Waals surface area contributed by atoms with E-state index in [1.54, 1.807) is 24.0 Å². The van der Waals surface area contributed by atoms with Crippen molar-refractivity contribution < 1.29 is 14.3 Å². The summed E-state index contributed by atoms with van der Waals surface area (Å²) in [5, 5.41) is 3.59. The zero-order valence-corrected chi connectivity index (χ0v) is 19.8. The molecular weight excluding hydrogens is 412 g/mol. The van der Waals surface area contributed by atoms with Crippen molar-refractivity contribution in [2.75, 3.05) is 6.61 Å². The van der Waals surface area contributed by atoms with Crippen molar-refractivity contribution in [3.63, 3.8) is 0 Å². The number of benzene rings is 2. The second kappa shape index (κ2) is 11.8. The fourth-order valence-electron chi connectivity index (χ4n) is 3.15. The Morgan fingerprint density at radius 2 is 1.68 bits per heavy atom. The van der Waals surface area contributed by atoms with Gasteiger partial charge in [0.05, 0.1) is 0 Å². The van der Waals surface area contributed by atoms with Gasteiger partial charge in [-0.2, -0.15) is 0 Å². The van der Waals surface area contributed by atoms with Crippen molar-refractivity contribution in [1.82, 2.24) is 10.2 Å². The Morgan fingerprint density at radius 3 is 2.29 bits per heavy atom. The number of carbonyl (C=O) groups excluding carboxylic acids is 2. The van der Waals surface area contributed by atoms with Crippen molar-refractivity contribution in [3.8, 4) is 5.75 Å². The van der Waals surface area contributed by atoms with E-state index in [0.717, 1.165) is 17.5 Å². The lowest BCUT2D eigenvalue weighted by Crippen LogP contribution is -2.50. The van der Waals surface area contributed by atoms with Crippen LogP contribution in [0, 0.1) is 0 Å². The van der Waals surface area contributed by atoms with E-state index in [1.165, 1.54) is 0 Å².